The van der Waals surface area contributed by atoms with Crippen molar-refractivity contribution in [1.82, 2.24) is 0 Å². The molecule has 0 aromatic heterocycles. The standard InChI is InChI=1S/C17H11Cl2NO4/c18-10-2-1-9(13(19)6-10)5-15-17(22)12-4-3-11(7-14(12)24-15)23-8-16(20)21/h1-7H,8H2,(H2,20,21)/b15-5-. The maximum atomic E-state index is 12.4. The molecule has 7 heteroatoms. The number of carbonyl (C=O) groups excluding carboxylic acids is 2. The predicted octanol–water partition coefficient (Wildman–Crippen LogP) is 3.47. The number of hydrogen-bond acceptors (Lipinski definition) is 4. The van der Waals surface area contributed by atoms with E-state index in [2.05, 4.69) is 0 Å². The lowest BCUT2D eigenvalue weighted by Crippen LogP contribution is -2.19. The number of nitrogens with two attached hydrogens (primary N) is 1. The number of hydrogen-bond donors (Lipinski definition) is 1. The van der Waals surface area contributed by atoms with Crippen LogP contribution in [-0.4, -0.2) is 18.3 Å². The summed E-state index contributed by atoms with van der Waals surface area (Å²) < 4.78 is 10.8. The first-order valence-corrected chi connectivity index (χ1v) is 7.64. The highest BCUT2D eigenvalue weighted by molar-refractivity contribution is 6.35. The summed E-state index contributed by atoms with van der Waals surface area (Å²) in [6, 6.07) is 9.61. The van der Waals surface area contributed by atoms with Crippen LogP contribution in [0, 0.1) is 0 Å². The Hall–Kier alpha value is -2.50. The van der Waals surface area contributed by atoms with Gasteiger partial charge in [-0.05, 0) is 35.9 Å². The topological polar surface area (TPSA) is 78.6 Å². The fourth-order valence-electron chi connectivity index (χ4n) is 2.17. The highest BCUT2D eigenvalue weighted by atomic mass is 35.5. The molecule has 2 aromatic rings. The number of halogens is 2. The third-order valence-corrected chi connectivity index (χ3v) is 3.83. The van der Waals surface area contributed by atoms with Crippen LogP contribution in [0.1, 0.15) is 15.9 Å². The molecular weight excluding hydrogens is 353 g/mol. The molecule has 0 radical (unpaired) electrons. The van der Waals surface area contributed by atoms with Crippen molar-refractivity contribution in [2.75, 3.05) is 6.61 Å². The van der Waals surface area contributed by atoms with E-state index in [-0.39, 0.29) is 18.1 Å². The molecule has 122 valence electrons. The van der Waals surface area contributed by atoms with Crippen LogP contribution in [0.25, 0.3) is 6.08 Å². The zero-order valence-corrected chi connectivity index (χ0v) is 13.7. The summed E-state index contributed by atoms with van der Waals surface area (Å²) in [6.07, 6.45) is 1.55. The van der Waals surface area contributed by atoms with Gasteiger partial charge in [-0.15, -0.1) is 0 Å². The van der Waals surface area contributed by atoms with E-state index >= 15 is 0 Å². The fourth-order valence-corrected chi connectivity index (χ4v) is 2.63. The highest BCUT2D eigenvalue weighted by Crippen LogP contribution is 2.35. The molecule has 0 saturated carbocycles. The van der Waals surface area contributed by atoms with Crippen molar-refractivity contribution in [2.24, 2.45) is 5.73 Å². The molecule has 5 nitrogen and oxygen atoms in total. The van der Waals surface area contributed by atoms with E-state index in [0.717, 1.165) is 0 Å². The molecule has 1 heterocycles. The second-order valence-electron chi connectivity index (χ2n) is 5.02. The van der Waals surface area contributed by atoms with Gasteiger partial charge < -0.3 is 15.2 Å². The normalized spacial score (nSPS) is 14.4. The number of amides is 1. The number of Topliss-reactive ketones (excluding diaryl/α,β-unsaturated/α-hetero) is 1. The number of rotatable bonds is 4. The Labute approximate surface area is 147 Å². The quantitative estimate of drug-likeness (QED) is 0.843. The molecule has 3 rings (SSSR count). The molecule has 1 amide bonds. The number of primary amides is 1. The molecule has 0 saturated heterocycles. The lowest BCUT2D eigenvalue weighted by molar-refractivity contribution is -0.119. The smallest absolute Gasteiger partial charge is 0.255 e. The molecule has 24 heavy (non-hydrogen) atoms. The summed E-state index contributed by atoms with van der Waals surface area (Å²) in [6.45, 7) is -0.254. The van der Waals surface area contributed by atoms with Gasteiger partial charge in [0, 0.05) is 16.1 Å². The van der Waals surface area contributed by atoms with Gasteiger partial charge in [0.2, 0.25) is 5.78 Å². The lowest BCUT2D eigenvalue weighted by Gasteiger charge is -2.04. The minimum atomic E-state index is -0.592. The Balaban J connectivity index is 1.87. The summed E-state index contributed by atoms with van der Waals surface area (Å²) in [5, 5.41) is 0.910. The van der Waals surface area contributed by atoms with Crippen LogP contribution in [0.15, 0.2) is 42.2 Å². The van der Waals surface area contributed by atoms with Gasteiger partial charge in [0.25, 0.3) is 5.91 Å². The van der Waals surface area contributed by atoms with Crippen LogP contribution in [0.5, 0.6) is 11.5 Å². The van der Waals surface area contributed by atoms with E-state index in [9.17, 15) is 9.59 Å². The van der Waals surface area contributed by atoms with Gasteiger partial charge in [-0.2, -0.15) is 0 Å². The Kier molecular flexibility index (Phi) is 4.46. The van der Waals surface area contributed by atoms with Gasteiger partial charge in [0.1, 0.15) is 11.5 Å². The van der Waals surface area contributed by atoms with Gasteiger partial charge in [-0.25, -0.2) is 0 Å². The molecule has 2 N–H and O–H groups in total. The second-order valence-corrected chi connectivity index (χ2v) is 5.86. The highest BCUT2D eigenvalue weighted by Gasteiger charge is 2.28. The number of allylic oxidation sites excluding steroid dienone is 1. The molecule has 0 aliphatic carbocycles. The summed E-state index contributed by atoms with van der Waals surface area (Å²) in [4.78, 5) is 23.1. The third kappa shape index (κ3) is 3.37. The Morgan fingerprint density at radius 1 is 1.21 bits per heavy atom. The van der Waals surface area contributed by atoms with Crippen LogP contribution in [0.2, 0.25) is 10.0 Å². The Morgan fingerprint density at radius 2 is 2.00 bits per heavy atom. The van der Waals surface area contributed by atoms with Crippen molar-refractivity contribution in [3.63, 3.8) is 0 Å². The molecule has 0 unspecified atom stereocenters. The molecule has 0 bridgehead atoms. The molecule has 0 spiro atoms. The average molecular weight is 364 g/mol. The summed E-state index contributed by atoms with van der Waals surface area (Å²) in [7, 11) is 0. The van der Waals surface area contributed by atoms with Crippen LogP contribution in [0.4, 0.5) is 0 Å². The van der Waals surface area contributed by atoms with Crippen molar-refractivity contribution in [3.8, 4) is 11.5 Å². The van der Waals surface area contributed by atoms with Crippen LogP contribution in [-0.2, 0) is 4.79 Å². The number of benzene rings is 2. The predicted molar refractivity (Wildman–Crippen MR) is 90.5 cm³/mol. The summed E-state index contributed by atoms with van der Waals surface area (Å²) in [5.74, 6) is 0.00799. The van der Waals surface area contributed by atoms with Gasteiger partial charge >= 0.3 is 0 Å². The minimum absolute atomic E-state index is 0.140. The van der Waals surface area contributed by atoms with Crippen LogP contribution in [0.3, 0.4) is 0 Å². The fraction of sp³-hybridized carbons (Fsp3) is 0.0588. The maximum absolute atomic E-state index is 12.4. The van der Waals surface area contributed by atoms with Gasteiger partial charge in [0.15, 0.2) is 12.4 Å². The molecular formula is C17H11Cl2NO4. The monoisotopic (exact) mass is 363 g/mol. The first kappa shape index (κ1) is 16.4. The first-order valence-electron chi connectivity index (χ1n) is 6.88. The maximum Gasteiger partial charge on any atom is 0.255 e. The number of ketones is 1. The zero-order chi connectivity index (χ0) is 17.3. The summed E-state index contributed by atoms with van der Waals surface area (Å²) >= 11 is 12.0. The van der Waals surface area contributed by atoms with E-state index in [1.54, 1.807) is 36.4 Å². The number of carbonyl (C=O) groups is 2. The van der Waals surface area contributed by atoms with E-state index < -0.39 is 5.91 Å². The molecule has 0 atom stereocenters. The average Bonchev–Trinajstić information content (AvgIpc) is 2.84. The van der Waals surface area contributed by atoms with Crippen molar-refractivity contribution in [1.29, 1.82) is 0 Å². The van der Waals surface area contributed by atoms with Gasteiger partial charge in [0.05, 0.1) is 5.56 Å². The van der Waals surface area contributed by atoms with E-state index in [0.29, 0.717) is 32.7 Å². The number of fused-ring (bicyclic) bond motifs is 1. The second kappa shape index (κ2) is 6.55. The van der Waals surface area contributed by atoms with Gasteiger partial charge in [-0.1, -0.05) is 29.3 Å². The largest absolute Gasteiger partial charge is 0.484 e. The Morgan fingerprint density at radius 3 is 2.71 bits per heavy atom. The van der Waals surface area contributed by atoms with Crippen molar-refractivity contribution >= 4 is 41.0 Å². The van der Waals surface area contributed by atoms with Crippen LogP contribution >= 0.6 is 23.2 Å². The zero-order valence-electron chi connectivity index (χ0n) is 12.2. The van der Waals surface area contributed by atoms with Crippen LogP contribution < -0.4 is 15.2 Å². The van der Waals surface area contributed by atoms with Crippen molar-refractivity contribution < 1.29 is 19.1 Å². The summed E-state index contributed by atoms with van der Waals surface area (Å²) in [5.41, 5.74) is 6.04. The molecule has 1 aliphatic heterocycles. The Bertz CT molecular complexity index is 877. The number of ether oxygens (including phenoxy) is 2. The first-order chi connectivity index (χ1) is 11.4. The lowest BCUT2D eigenvalue weighted by atomic mass is 10.1. The van der Waals surface area contributed by atoms with Crippen molar-refractivity contribution in [3.05, 3.63) is 63.3 Å². The molecule has 1 aliphatic rings. The molecule has 2 aromatic carbocycles. The van der Waals surface area contributed by atoms with E-state index in [1.807, 2.05) is 0 Å². The van der Waals surface area contributed by atoms with E-state index in [4.69, 9.17) is 38.4 Å². The third-order valence-electron chi connectivity index (χ3n) is 3.27. The molecule has 0 fully saturated rings. The SMILES string of the molecule is NC(=O)COc1ccc2c(c1)O/C(=C\c1ccc(Cl)cc1Cl)C2=O. The van der Waals surface area contributed by atoms with Crippen molar-refractivity contribution in [2.45, 2.75) is 0 Å². The van der Waals surface area contributed by atoms with E-state index in [1.165, 1.54) is 6.07 Å². The minimum Gasteiger partial charge on any atom is -0.484 e. The van der Waals surface area contributed by atoms with Gasteiger partial charge in [-0.3, -0.25) is 9.59 Å².